The predicted octanol–water partition coefficient (Wildman–Crippen LogP) is 5.07. The topological polar surface area (TPSA) is 50.4 Å². The Hall–Kier alpha value is -1.67. The first-order chi connectivity index (χ1) is 12.3. The molecule has 0 radical (unpaired) electrons. The number of rotatable bonds is 5. The Kier molecular flexibility index (Phi) is 7.40. The molecule has 2 aromatic rings. The van der Waals surface area contributed by atoms with Gasteiger partial charge in [0.15, 0.2) is 5.11 Å². The minimum atomic E-state index is -0.266. The fourth-order valence-corrected chi connectivity index (χ4v) is 3.06. The zero-order valence-corrected chi connectivity index (χ0v) is 18.3. The van der Waals surface area contributed by atoms with Gasteiger partial charge in [0, 0.05) is 14.8 Å². The molecule has 0 spiro atoms. The number of nitrogens with one attached hydrogen (secondary N) is 2. The number of ether oxygens (including phenoxy) is 1. The normalized spacial score (nSPS) is 10.5. The van der Waals surface area contributed by atoms with Crippen LogP contribution in [-0.2, 0) is 0 Å². The summed E-state index contributed by atoms with van der Waals surface area (Å²) in [5.74, 6) is 0.830. The lowest BCUT2D eigenvalue weighted by atomic mass is 10.1. The molecule has 0 saturated carbocycles. The van der Waals surface area contributed by atoms with Gasteiger partial charge in [-0.15, -0.1) is 0 Å². The molecule has 0 atom stereocenters. The summed E-state index contributed by atoms with van der Waals surface area (Å²) in [5.41, 5.74) is 3.62. The largest absolute Gasteiger partial charge is 0.493 e. The number of benzene rings is 2. The van der Waals surface area contributed by atoms with E-state index in [4.69, 9.17) is 17.0 Å². The Morgan fingerprint density at radius 1 is 1.19 bits per heavy atom. The second-order valence-electron chi connectivity index (χ2n) is 6.56. The van der Waals surface area contributed by atoms with E-state index < -0.39 is 0 Å². The highest BCUT2D eigenvalue weighted by Gasteiger charge is 2.11. The zero-order valence-electron chi connectivity index (χ0n) is 15.4. The van der Waals surface area contributed by atoms with E-state index in [1.54, 1.807) is 18.2 Å². The number of halogens is 1. The molecule has 0 unspecified atom stereocenters. The maximum atomic E-state index is 12.4. The first kappa shape index (κ1) is 20.6. The molecular formula is C20H23IN2O2S. The third kappa shape index (κ3) is 5.95. The molecule has 2 aromatic carbocycles. The summed E-state index contributed by atoms with van der Waals surface area (Å²) in [5, 5.41) is 6.09. The van der Waals surface area contributed by atoms with Crippen molar-refractivity contribution in [3.05, 3.63) is 56.7 Å². The van der Waals surface area contributed by atoms with Crippen LogP contribution in [0.2, 0.25) is 0 Å². The number of carbonyl (C=O) groups excluding carboxylic acids is 1. The molecule has 0 aliphatic heterocycles. The summed E-state index contributed by atoms with van der Waals surface area (Å²) in [4.78, 5) is 12.4. The highest BCUT2D eigenvalue weighted by Crippen LogP contribution is 2.22. The van der Waals surface area contributed by atoms with Crippen molar-refractivity contribution in [1.82, 2.24) is 5.32 Å². The first-order valence-electron chi connectivity index (χ1n) is 8.38. The lowest BCUT2D eigenvalue weighted by molar-refractivity contribution is 0.0977. The van der Waals surface area contributed by atoms with Crippen LogP contribution in [-0.4, -0.2) is 17.6 Å². The van der Waals surface area contributed by atoms with Crippen molar-refractivity contribution in [2.75, 3.05) is 11.9 Å². The van der Waals surface area contributed by atoms with Crippen molar-refractivity contribution in [2.24, 2.45) is 5.92 Å². The van der Waals surface area contributed by atoms with Gasteiger partial charge in [-0.2, -0.15) is 0 Å². The molecule has 0 aromatic heterocycles. The zero-order chi connectivity index (χ0) is 19.3. The van der Waals surface area contributed by atoms with E-state index in [2.05, 4.69) is 53.1 Å². The third-order valence-corrected chi connectivity index (χ3v) is 5.03. The molecule has 2 N–H and O–H groups in total. The lowest BCUT2D eigenvalue weighted by Crippen LogP contribution is -2.34. The van der Waals surface area contributed by atoms with Crippen molar-refractivity contribution in [3.63, 3.8) is 0 Å². The van der Waals surface area contributed by atoms with Crippen LogP contribution in [0.5, 0.6) is 5.75 Å². The van der Waals surface area contributed by atoms with Gasteiger partial charge in [-0.1, -0.05) is 19.9 Å². The van der Waals surface area contributed by atoms with E-state index in [0.29, 0.717) is 23.8 Å². The second kappa shape index (κ2) is 9.32. The Balaban J connectivity index is 2.02. The molecule has 0 fully saturated rings. The average molecular weight is 482 g/mol. The molecule has 6 heteroatoms. The van der Waals surface area contributed by atoms with Gasteiger partial charge in [0.2, 0.25) is 0 Å². The van der Waals surface area contributed by atoms with Crippen LogP contribution in [0.4, 0.5) is 5.69 Å². The highest BCUT2D eigenvalue weighted by molar-refractivity contribution is 14.1. The average Bonchev–Trinajstić information content (AvgIpc) is 2.58. The van der Waals surface area contributed by atoms with E-state index in [1.807, 2.05) is 26.0 Å². The van der Waals surface area contributed by atoms with Gasteiger partial charge in [0.1, 0.15) is 5.75 Å². The molecule has 0 heterocycles. The van der Waals surface area contributed by atoms with Crippen molar-refractivity contribution < 1.29 is 9.53 Å². The highest BCUT2D eigenvalue weighted by atomic mass is 127. The molecule has 4 nitrogen and oxygen atoms in total. The smallest absolute Gasteiger partial charge is 0.257 e. The van der Waals surface area contributed by atoms with Gasteiger partial charge in [-0.05, 0) is 96.0 Å². The molecule has 26 heavy (non-hydrogen) atoms. The lowest BCUT2D eigenvalue weighted by Gasteiger charge is -2.14. The predicted molar refractivity (Wildman–Crippen MR) is 119 cm³/mol. The fraction of sp³-hybridized carbons (Fsp3) is 0.300. The minimum Gasteiger partial charge on any atom is -0.493 e. The molecular weight excluding hydrogens is 459 g/mol. The minimum absolute atomic E-state index is 0.266. The van der Waals surface area contributed by atoms with Crippen LogP contribution in [0, 0.1) is 23.3 Å². The SMILES string of the molecule is Cc1cc(NC(=S)NC(=O)c2cccc(OCC(C)C)c2)c(C)cc1I. The Morgan fingerprint density at radius 2 is 1.92 bits per heavy atom. The summed E-state index contributed by atoms with van der Waals surface area (Å²) in [7, 11) is 0. The third-order valence-electron chi connectivity index (χ3n) is 3.66. The van der Waals surface area contributed by atoms with Gasteiger partial charge in [0.25, 0.3) is 5.91 Å². The number of thiocarbonyl (C=S) groups is 1. The van der Waals surface area contributed by atoms with Gasteiger partial charge >= 0.3 is 0 Å². The summed E-state index contributed by atoms with van der Waals surface area (Å²) in [6, 6.07) is 11.2. The fourth-order valence-electron chi connectivity index (χ4n) is 2.23. The van der Waals surface area contributed by atoms with Crippen molar-refractivity contribution in [1.29, 1.82) is 0 Å². The summed E-state index contributed by atoms with van der Waals surface area (Å²) in [6.07, 6.45) is 0. The molecule has 0 bridgehead atoms. The van der Waals surface area contributed by atoms with Crippen LogP contribution in [0.3, 0.4) is 0 Å². The van der Waals surface area contributed by atoms with Crippen molar-refractivity contribution >= 4 is 51.5 Å². The number of hydrogen-bond acceptors (Lipinski definition) is 3. The summed E-state index contributed by atoms with van der Waals surface area (Å²) >= 11 is 7.59. The molecule has 138 valence electrons. The van der Waals surface area contributed by atoms with E-state index in [1.165, 1.54) is 3.57 Å². The van der Waals surface area contributed by atoms with Crippen LogP contribution in [0.25, 0.3) is 0 Å². The van der Waals surface area contributed by atoms with E-state index in [-0.39, 0.29) is 11.0 Å². The molecule has 2 rings (SSSR count). The summed E-state index contributed by atoms with van der Waals surface area (Å²) in [6.45, 7) is 8.81. The number of carbonyl (C=O) groups is 1. The standard InChI is InChI=1S/C20H23IN2O2S/c1-12(2)11-25-16-7-5-6-15(10-16)19(24)23-20(26)22-18-9-13(3)17(21)8-14(18)4/h5-10,12H,11H2,1-4H3,(H2,22,23,24,26). The monoisotopic (exact) mass is 482 g/mol. The summed E-state index contributed by atoms with van der Waals surface area (Å²) < 4.78 is 6.86. The van der Waals surface area contributed by atoms with Gasteiger partial charge < -0.3 is 10.1 Å². The van der Waals surface area contributed by atoms with Crippen molar-refractivity contribution in [3.8, 4) is 5.75 Å². The molecule has 0 aliphatic rings. The van der Waals surface area contributed by atoms with Gasteiger partial charge in [-0.3, -0.25) is 10.1 Å². The number of aryl methyl sites for hydroxylation is 2. The van der Waals surface area contributed by atoms with Crippen molar-refractivity contribution in [2.45, 2.75) is 27.7 Å². The first-order valence-corrected chi connectivity index (χ1v) is 9.87. The second-order valence-corrected chi connectivity index (χ2v) is 8.13. The Bertz CT molecular complexity index is 821. The Morgan fingerprint density at radius 3 is 2.62 bits per heavy atom. The van der Waals surface area contributed by atoms with Gasteiger partial charge in [0.05, 0.1) is 6.61 Å². The molecule has 1 amide bonds. The van der Waals surface area contributed by atoms with Crippen LogP contribution < -0.4 is 15.4 Å². The Labute approximate surface area is 173 Å². The van der Waals surface area contributed by atoms with E-state index in [0.717, 1.165) is 16.8 Å². The maximum Gasteiger partial charge on any atom is 0.257 e. The quantitative estimate of drug-likeness (QED) is 0.462. The van der Waals surface area contributed by atoms with Crippen LogP contribution in [0.15, 0.2) is 36.4 Å². The van der Waals surface area contributed by atoms with Crippen LogP contribution in [0.1, 0.15) is 35.3 Å². The number of hydrogen-bond donors (Lipinski definition) is 2. The van der Waals surface area contributed by atoms with E-state index in [9.17, 15) is 4.79 Å². The number of amides is 1. The van der Waals surface area contributed by atoms with Gasteiger partial charge in [-0.25, -0.2) is 0 Å². The van der Waals surface area contributed by atoms with Crippen LogP contribution >= 0.6 is 34.8 Å². The van der Waals surface area contributed by atoms with E-state index >= 15 is 0 Å². The number of anilines is 1. The maximum absolute atomic E-state index is 12.4. The molecule has 0 saturated heterocycles. The molecule has 0 aliphatic carbocycles.